The molecule has 0 spiro atoms. The molecule has 190 valence electrons. The Labute approximate surface area is 198 Å². The van der Waals surface area contributed by atoms with Crippen LogP contribution in [-0.2, 0) is 15.8 Å². The van der Waals surface area contributed by atoms with Gasteiger partial charge >= 0.3 is 7.60 Å². The lowest BCUT2D eigenvalue weighted by Crippen LogP contribution is -2.46. The summed E-state index contributed by atoms with van der Waals surface area (Å²) < 4.78 is 44.5. The highest BCUT2D eigenvalue weighted by Crippen LogP contribution is 2.35. The van der Waals surface area contributed by atoms with Gasteiger partial charge in [-0.1, -0.05) is 6.07 Å². The predicted molar refractivity (Wildman–Crippen MR) is 118 cm³/mol. The quantitative estimate of drug-likeness (QED) is 0.360. The van der Waals surface area contributed by atoms with E-state index in [1.165, 1.54) is 11.7 Å². The molecule has 4 N–H and O–H groups in total. The normalized spacial score (nSPS) is 15.7. The summed E-state index contributed by atoms with van der Waals surface area (Å²) in [5.74, 6) is -4.47. The zero-order chi connectivity index (χ0) is 25.9. The molecule has 0 fully saturated rings. The third kappa shape index (κ3) is 6.12. The number of ether oxygens (including phenoxy) is 1. The summed E-state index contributed by atoms with van der Waals surface area (Å²) in [5, 5.41) is 12.9. The minimum atomic E-state index is -4.42. The second-order valence-electron chi connectivity index (χ2n) is 7.97. The van der Waals surface area contributed by atoms with Crippen LogP contribution >= 0.6 is 7.60 Å². The van der Waals surface area contributed by atoms with Crippen molar-refractivity contribution in [3.8, 4) is 5.75 Å². The molecule has 0 unspecified atom stereocenters. The van der Waals surface area contributed by atoms with Crippen molar-refractivity contribution in [3.05, 3.63) is 63.1 Å². The van der Waals surface area contributed by atoms with Gasteiger partial charge in [0.1, 0.15) is 17.2 Å². The van der Waals surface area contributed by atoms with Crippen LogP contribution < -0.4 is 10.7 Å². The van der Waals surface area contributed by atoms with E-state index in [1.54, 1.807) is 0 Å². The van der Waals surface area contributed by atoms with Gasteiger partial charge in [-0.25, -0.2) is 8.78 Å². The lowest BCUT2D eigenvalue weighted by Gasteiger charge is -2.36. The van der Waals surface area contributed by atoms with E-state index in [-0.39, 0.29) is 38.2 Å². The maximum absolute atomic E-state index is 13.9. The highest BCUT2D eigenvalue weighted by Gasteiger charge is 2.36. The summed E-state index contributed by atoms with van der Waals surface area (Å²) in [7, 11) is -2.97. The van der Waals surface area contributed by atoms with Crippen LogP contribution in [0.5, 0.6) is 5.75 Å². The van der Waals surface area contributed by atoms with Gasteiger partial charge in [-0.2, -0.15) is 0 Å². The maximum Gasteiger partial charge on any atom is 0.327 e. The molecule has 14 heteroatoms. The lowest BCUT2D eigenvalue weighted by atomic mass is 10.1. The van der Waals surface area contributed by atoms with Crippen LogP contribution in [0.3, 0.4) is 0 Å². The molecule has 0 saturated carbocycles. The Balaban J connectivity index is 1.93. The Morgan fingerprint density at radius 3 is 2.63 bits per heavy atom. The number of hydrogen-bond acceptors (Lipinski definition) is 6. The van der Waals surface area contributed by atoms with E-state index in [0.29, 0.717) is 6.07 Å². The molecule has 2 aromatic rings. The minimum absolute atomic E-state index is 0.0145. The molecule has 0 aliphatic carbocycles. The molecule has 0 saturated heterocycles. The number of nitrogens with zero attached hydrogens (tertiary/aromatic N) is 2. The molecule has 1 aromatic carbocycles. The Bertz CT molecular complexity index is 1250. The van der Waals surface area contributed by atoms with Crippen molar-refractivity contribution >= 4 is 19.4 Å². The van der Waals surface area contributed by atoms with Crippen molar-refractivity contribution in [1.82, 2.24) is 14.8 Å². The van der Waals surface area contributed by atoms with Crippen molar-refractivity contribution in [3.63, 3.8) is 0 Å². The van der Waals surface area contributed by atoms with Crippen molar-refractivity contribution < 1.29 is 42.6 Å². The van der Waals surface area contributed by atoms with Crippen LogP contribution in [0.15, 0.2) is 29.2 Å². The number of amides is 2. The zero-order valence-electron chi connectivity index (χ0n) is 18.6. The van der Waals surface area contributed by atoms with E-state index in [4.69, 9.17) is 14.5 Å². The van der Waals surface area contributed by atoms with Gasteiger partial charge in [0.2, 0.25) is 5.43 Å². The van der Waals surface area contributed by atoms with Crippen molar-refractivity contribution in [2.24, 2.45) is 0 Å². The largest absolute Gasteiger partial charge is 0.503 e. The maximum atomic E-state index is 13.9. The van der Waals surface area contributed by atoms with Crippen LogP contribution in [0, 0.1) is 11.6 Å². The number of rotatable bonds is 9. The molecule has 3 rings (SSSR count). The molecular weight excluding hydrogens is 491 g/mol. The summed E-state index contributed by atoms with van der Waals surface area (Å²) in [6.07, 6.45) is 0.779. The summed E-state index contributed by atoms with van der Waals surface area (Å²) in [5.41, 5.74) is -2.11. The number of benzene rings is 1. The summed E-state index contributed by atoms with van der Waals surface area (Å²) >= 11 is 0. The number of nitrogens with one attached hydrogen (secondary N) is 1. The standard InChI is InChI=1S/C21H24F2N3O8P/c1-34-6-4-14-10-25(5-7-35(31,32)33)21(30)17-19(28)18(27)15(11-26(14)17)20(29)24-9-12-2-3-13(22)8-16(12)23/h2-3,8,11,14,28H,4-7,9-10H2,1H3,(H,24,29)(H2,31,32,33)/t14-/m0/s1. The van der Waals surface area contributed by atoms with Crippen LogP contribution in [0.25, 0.3) is 0 Å². The molecule has 2 amide bonds. The molecule has 0 radical (unpaired) electrons. The van der Waals surface area contributed by atoms with Gasteiger partial charge < -0.3 is 34.4 Å². The molecule has 1 aliphatic rings. The summed E-state index contributed by atoms with van der Waals surface area (Å²) in [4.78, 5) is 57.8. The second-order valence-corrected chi connectivity index (χ2v) is 9.75. The fourth-order valence-electron chi connectivity index (χ4n) is 3.72. The van der Waals surface area contributed by atoms with Crippen molar-refractivity contribution in [2.75, 3.05) is 33.0 Å². The summed E-state index contributed by atoms with van der Waals surface area (Å²) in [6.45, 7) is -0.483. The van der Waals surface area contributed by atoms with E-state index in [1.807, 2.05) is 0 Å². The minimum Gasteiger partial charge on any atom is -0.503 e. The first-order valence-electron chi connectivity index (χ1n) is 10.5. The first-order chi connectivity index (χ1) is 16.4. The van der Waals surface area contributed by atoms with E-state index >= 15 is 0 Å². The Kier molecular flexibility index (Phi) is 8.06. The number of pyridine rings is 1. The topological polar surface area (TPSA) is 158 Å². The van der Waals surface area contributed by atoms with Crippen LogP contribution in [-0.4, -0.2) is 69.1 Å². The first kappa shape index (κ1) is 26.5. The highest BCUT2D eigenvalue weighted by molar-refractivity contribution is 7.51. The average Bonchev–Trinajstić information content (AvgIpc) is 2.78. The third-order valence-electron chi connectivity index (χ3n) is 5.54. The molecule has 1 aliphatic heterocycles. The third-order valence-corrected chi connectivity index (χ3v) is 6.32. The molecule has 1 atom stereocenters. The highest BCUT2D eigenvalue weighted by atomic mass is 31.2. The molecule has 1 aromatic heterocycles. The molecular formula is C21H24F2N3O8P. The number of carbonyl (C=O) groups excluding carboxylic acids is 2. The Hall–Kier alpha value is -3.12. The molecule has 2 heterocycles. The number of hydrogen-bond donors (Lipinski definition) is 4. The van der Waals surface area contributed by atoms with Crippen LogP contribution in [0.4, 0.5) is 8.78 Å². The SMILES string of the molecule is COCC[C@H]1CN(CCP(=O)(O)O)C(=O)c2c(O)c(=O)c(C(=O)NCc3ccc(F)cc3F)cn21. The average molecular weight is 515 g/mol. The Morgan fingerprint density at radius 1 is 1.29 bits per heavy atom. The van der Waals surface area contributed by atoms with Gasteiger partial charge in [0.05, 0.1) is 12.2 Å². The van der Waals surface area contributed by atoms with Gasteiger partial charge in [0, 0.05) is 51.2 Å². The summed E-state index contributed by atoms with van der Waals surface area (Å²) in [6, 6.07) is 2.19. The van der Waals surface area contributed by atoms with Crippen molar-refractivity contribution in [2.45, 2.75) is 19.0 Å². The van der Waals surface area contributed by atoms with Crippen molar-refractivity contribution in [1.29, 1.82) is 0 Å². The Morgan fingerprint density at radius 2 is 2.00 bits per heavy atom. The van der Waals surface area contributed by atoms with Crippen LogP contribution in [0.1, 0.15) is 38.9 Å². The second kappa shape index (κ2) is 10.6. The van der Waals surface area contributed by atoms with Gasteiger partial charge in [-0.15, -0.1) is 0 Å². The predicted octanol–water partition coefficient (Wildman–Crippen LogP) is 0.973. The number of methoxy groups -OCH3 is 1. The molecule has 0 bridgehead atoms. The fourth-order valence-corrected chi connectivity index (χ4v) is 4.22. The fraction of sp³-hybridized carbons (Fsp3) is 0.381. The van der Waals surface area contributed by atoms with Gasteiger partial charge in [0.25, 0.3) is 11.8 Å². The number of aromatic nitrogens is 1. The van der Waals surface area contributed by atoms with Gasteiger partial charge in [0.15, 0.2) is 11.4 Å². The van der Waals surface area contributed by atoms with E-state index < -0.39 is 65.7 Å². The number of halogens is 2. The number of aromatic hydroxyl groups is 1. The van der Waals surface area contributed by atoms with E-state index in [9.17, 15) is 32.8 Å². The lowest BCUT2D eigenvalue weighted by molar-refractivity contribution is 0.0642. The number of fused-ring (bicyclic) bond motifs is 1. The molecule has 11 nitrogen and oxygen atoms in total. The van der Waals surface area contributed by atoms with Crippen LogP contribution in [0.2, 0.25) is 0 Å². The van der Waals surface area contributed by atoms with E-state index in [0.717, 1.165) is 23.2 Å². The first-order valence-corrected chi connectivity index (χ1v) is 12.3. The van der Waals surface area contributed by atoms with E-state index in [2.05, 4.69) is 5.32 Å². The smallest absolute Gasteiger partial charge is 0.327 e. The zero-order valence-corrected chi connectivity index (χ0v) is 19.5. The van der Waals surface area contributed by atoms with Gasteiger partial charge in [-0.3, -0.25) is 18.9 Å². The van der Waals surface area contributed by atoms with Gasteiger partial charge in [-0.05, 0) is 12.5 Å². The monoisotopic (exact) mass is 515 g/mol. The molecule has 35 heavy (non-hydrogen) atoms. The number of carbonyl (C=O) groups is 2.